The molecule has 0 aromatic heterocycles. The fraction of sp³-hybridized carbons (Fsp3) is 0. The van der Waals surface area contributed by atoms with Crippen LogP contribution < -0.4 is 0 Å². The molecule has 49 valence electrons. The summed E-state index contributed by atoms with van der Waals surface area (Å²) in [6.07, 6.45) is 0. The third-order valence-electron chi connectivity index (χ3n) is 0.744. The Bertz CT molecular complexity index is 146. The molecule has 1 aromatic carbocycles. The van der Waals surface area contributed by atoms with Crippen molar-refractivity contribution in [3.8, 4) is 0 Å². The molecular formula is C9H8Y-2. The maximum Gasteiger partial charge on any atom is 0 e. The molecule has 0 saturated heterocycles. The zero-order valence-corrected chi connectivity index (χ0v) is 8.59. The minimum atomic E-state index is 0. The largest absolute Gasteiger partial charge is 0.521 e. The molecule has 0 bridgehead atoms. The predicted octanol–water partition coefficient (Wildman–Crippen LogP) is 2.15. The van der Waals surface area contributed by atoms with E-state index in [1.165, 1.54) is 0 Å². The van der Waals surface area contributed by atoms with Crippen LogP contribution in [0.25, 0.3) is 0 Å². The zero-order chi connectivity index (χ0) is 7.11. The van der Waals surface area contributed by atoms with Gasteiger partial charge in [-0.05, 0) is 6.92 Å². The quantitative estimate of drug-likeness (QED) is 0.569. The van der Waals surface area contributed by atoms with E-state index < -0.39 is 0 Å². The summed E-state index contributed by atoms with van der Waals surface area (Å²) in [5.41, 5.74) is 0.791. The third-order valence-corrected chi connectivity index (χ3v) is 0.744. The molecule has 0 aliphatic carbocycles. The summed E-state index contributed by atoms with van der Waals surface area (Å²) < 4.78 is 0. The average Bonchev–Trinajstić information content (AvgIpc) is 1.94. The fourth-order valence-corrected chi connectivity index (χ4v) is 0.400. The molecule has 0 atom stereocenters. The molecule has 3 radical (unpaired) electrons. The van der Waals surface area contributed by atoms with Crippen molar-refractivity contribution in [2.45, 2.75) is 0 Å². The minimum absolute atomic E-state index is 0. The van der Waals surface area contributed by atoms with Gasteiger partial charge >= 0.3 is 0 Å². The summed E-state index contributed by atoms with van der Waals surface area (Å²) >= 11 is 0. The van der Waals surface area contributed by atoms with E-state index in [0.29, 0.717) is 0 Å². The van der Waals surface area contributed by atoms with Crippen molar-refractivity contribution >= 4 is 0 Å². The molecule has 0 amide bonds. The summed E-state index contributed by atoms with van der Waals surface area (Å²) in [4.78, 5) is 0. The average molecular weight is 205 g/mol. The van der Waals surface area contributed by atoms with Crippen molar-refractivity contribution in [2.75, 3.05) is 0 Å². The molecule has 1 heteroatoms. The van der Waals surface area contributed by atoms with Crippen LogP contribution in [-0.2, 0) is 32.7 Å². The second-order valence-corrected chi connectivity index (χ2v) is 1.33. The third kappa shape index (κ3) is 6.19. The topological polar surface area (TPSA) is 0 Å². The minimum Gasteiger partial charge on any atom is -0.521 e. The van der Waals surface area contributed by atoms with Gasteiger partial charge < -0.3 is 6.58 Å². The predicted molar refractivity (Wildman–Crippen MR) is 38.6 cm³/mol. The SMILES string of the molecule is [CH-]=C.[CH]c1cc[c-]cc1.[Y]. The molecule has 0 aliphatic rings. The molecule has 0 spiro atoms. The van der Waals surface area contributed by atoms with Crippen LogP contribution in [-0.4, -0.2) is 0 Å². The van der Waals surface area contributed by atoms with Crippen LogP contribution in [0.15, 0.2) is 30.8 Å². The zero-order valence-electron chi connectivity index (χ0n) is 5.75. The van der Waals surface area contributed by atoms with Gasteiger partial charge in [0.15, 0.2) is 0 Å². The Hall–Kier alpha value is 0.0639. The Kier molecular flexibility index (Phi) is 11.5. The molecule has 1 aromatic rings. The van der Waals surface area contributed by atoms with Gasteiger partial charge in [-0.25, -0.2) is 0 Å². The van der Waals surface area contributed by atoms with Crippen LogP contribution in [0.1, 0.15) is 5.56 Å². The first kappa shape index (κ1) is 12.7. The maximum absolute atomic E-state index is 5.34. The normalized spacial score (nSPS) is 6.50. The van der Waals surface area contributed by atoms with Crippen molar-refractivity contribution in [1.29, 1.82) is 0 Å². The van der Waals surface area contributed by atoms with Crippen LogP contribution in [0, 0.1) is 19.6 Å². The van der Waals surface area contributed by atoms with Crippen LogP contribution in [0.4, 0.5) is 0 Å². The molecular weight excluding hydrogens is 197 g/mol. The first-order valence-electron chi connectivity index (χ1n) is 2.52. The summed E-state index contributed by atoms with van der Waals surface area (Å²) in [5.74, 6) is 0. The van der Waals surface area contributed by atoms with Gasteiger partial charge in [0.25, 0.3) is 0 Å². The summed E-state index contributed by atoms with van der Waals surface area (Å²) in [6.45, 7) is 12.3. The number of hydrogen-bond donors (Lipinski definition) is 0. The Labute approximate surface area is 88.2 Å². The second-order valence-electron chi connectivity index (χ2n) is 1.33. The van der Waals surface area contributed by atoms with Crippen LogP contribution in [0.2, 0.25) is 0 Å². The molecule has 0 saturated carbocycles. The standard InChI is InChI=1S/C7H5.C2H3.Y/c1-7-5-3-2-4-6-7;1-2;/h1,3-6H;1H,2H2;/q2*-1;. The maximum atomic E-state index is 5.34. The molecule has 10 heavy (non-hydrogen) atoms. The summed E-state index contributed by atoms with van der Waals surface area (Å²) in [7, 11) is 0. The Morgan fingerprint density at radius 3 is 1.90 bits per heavy atom. The first-order valence-corrected chi connectivity index (χ1v) is 2.52. The molecule has 1 rings (SSSR count). The summed E-state index contributed by atoms with van der Waals surface area (Å²) in [5, 5.41) is 0. The molecule has 0 nitrogen and oxygen atoms in total. The Morgan fingerprint density at radius 2 is 1.70 bits per heavy atom. The Balaban J connectivity index is 0. The van der Waals surface area contributed by atoms with Gasteiger partial charge in [-0.15, -0.1) is 0 Å². The van der Waals surface area contributed by atoms with E-state index in [1.807, 2.05) is 0 Å². The van der Waals surface area contributed by atoms with Crippen molar-refractivity contribution in [1.82, 2.24) is 0 Å². The van der Waals surface area contributed by atoms with E-state index in [4.69, 9.17) is 6.92 Å². The van der Waals surface area contributed by atoms with Crippen LogP contribution in [0.3, 0.4) is 0 Å². The van der Waals surface area contributed by atoms with Crippen molar-refractivity contribution in [3.05, 3.63) is 56.0 Å². The molecule has 0 heterocycles. The van der Waals surface area contributed by atoms with Gasteiger partial charge in [0, 0.05) is 32.7 Å². The van der Waals surface area contributed by atoms with Gasteiger partial charge in [-0.2, -0.15) is 35.9 Å². The van der Waals surface area contributed by atoms with Crippen molar-refractivity contribution in [3.63, 3.8) is 0 Å². The Morgan fingerprint density at radius 1 is 1.30 bits per heavy atom. The van der Waals surface area contributed by atoms with Gasteiger partial charge in [-0.3, -0.25) is 6.58 Å². The second kappa shape index (κ2) is 9.06. The van der Waals surface area contributed by atoms with E-state index >= 15 is 0 Å². The van der Waals surface area contributed by atoms with Gasteiger partial charge in [0.2, 0.25) is 0 Å². The van der Waals surface area contributed by atoms with Crippen molar-refractivity contribution in [2.24, 2.45) is 0 Å². The van der Waals surface area contributed by atoms with E-state index in [0.717, 1.165) is 5.56 Å². The molecule has 0 N–H and O–H groups in total. The van der Waals surface area contributed by atoms with Gasteiger partial charge in [-0.1, -0.05) is 0 Å². The number of benzene rings is 1. The molecule has 0 unspecified atom stereocenters. The molecule has 0 aliphatic heterocycles. The number of hydrogen-bond acceptors (Lipinski definition) is 0. The van der Waals surface area contributed by atoms with E-state index in [1.54, 1.807) is 24.3 Å². The van der Waals surface area contributed by atoms with E-state index in [2.05, 4.69) is 19.2 Å². The smallest absolute Gasteiger partial charge is 0 e. The van der Waals surface area contributed by atoms with Crippen LogP contribution >= 0.6 is 0 Å². The van der Waals surface area contributed by atoms with Gasteiger partial charge in [0.1, 0.15) is 0 Å². The number of rotatable bonds is 0. The van der Waals surface area contributed by atoms with E-state index in [-0.39, 0.29) is 32.7 Å². The van der Waals surface area contributed by atoms with Gasteiger partial charge in [0.05, 0.1) is 0 Å². The van der Waals surface area contributed by atoms with Crippen LogP contribution in [0.5, 0.6) is 0 Å². The van der Waals surface area contributed by atoms with E-state index in [9.17, 15) is 0 Å². The first-order chi connectivity index (χ1) is 4.39. The monoisotopic (exact) mass is 205 g/mol. The fourth-order valence-electron chi connectivity index (χ4n) is 0.400. The van der Waals surface area contributed by atoms with Crippen molar-refractivity contribution < 1.29 is 32.7 Å². The molecule has 0 fully saturated rings. The summed E-state index contributed by atoms with van der Waals surface area (Å²) in [6, 6.07) is 10.0.